The highest BCUT2D eigenvalue weighted by atomic mass is 32.1. The van der Waals surface area contributed by atoms with E-state index in [-0.39, 0.29) is 11.0 Å². The molecule has 0 saturated heterocycles. The molecular weight excluding hydrogens is 268 g/mol. The molecule has 0 atom stereocenters. The summed E-state index contributed by atoms with van der Waals surface area (Å²) in [5.41, 5.74) is 3.49. The standard InChI is InChI=1S/C17H18O2S/c1-17(2,3)13-7-4-11(5-8-13)12-6-9-15(20)14(10-12)16(18)19/h4-10,20H,1-3H3,(H,18,19). The van der Waals surface area contributed by atoms with Crippen LogP contribution in [0.25, 0.3) is 11.1 Å². The molecule has 104 valence electrons. The minimum absolute atomic E-state index is 0.111. The van der Waals surface area contributed by atoms with E-state index in [9.17, 15) is 4.79 Å². The van der Waals surface area contributed by atoms with Gasteiger partial charge >= 0.3 is 5.97 Å². The molecule has 0 saturated carbocycles. The Morgan fingerprint density at radius 3 is 2.05 bits per heavy atom. The normalized spacial score (nSPS) is 11.4. The molecule has 1 N–H and O–H groups in total. The maximum Gasteiger partial charge on any atom is 0.336 e. The van der Waals surface area contributed by atoms with Crippen LogP contribution in [-0.2, 0) is 5.41 Å². The molecule has 0 heterocycles. The van der Waals surface area contributed by atoms with E-state index in [2.05, 4.69) is 45.5 Å². The molecule has 0 aliphatic heterocycles. The van der Waals surface area contributed by atoms with Crippen molar-refractivity contribution in [2.24, 2.45) is 0 Å². The Morgan fingerprint density at radius 1 is 1.00 bits per heavy atom. The number of thiol groups is 1. The Morgan fingerprint density at radius 2 is 1.55 bits per heavy atom. The SMILES string of the molecule is CC(C)(C)c1ccc(-c2ccc(S)c(C(=O)O)c2)cc1. The highest BCUT2D eigenvalue weighted by molar-refractivity contribution is 7.80. The average Bonchev–Trinajstić information content (AvgIpc) is 2.38. The van der Waals surface area contributed by atoms with E-state index in [1.165, 1.54) is 5.56 Å². The minimum atomic E-state index is -0.955. The molecule has 0 amide bonds. The average molecular weight is 286 g/mol. The predicted molar refractivity (Wildman–Crippen MR) is 84.8 cm³/mol. The van der Waals surface area contributed by atoms with E-state index in [1.54, 1.807) is 12.1 Å². The van der Waals surface area contributed by atoms with Crippen molar-refractivity contribution in [3.8, 4) is 11.1 Å². The Balaban J connectivity index is 2.42. The van der Waals surface area contributed by atoms with Gasteiger partial charge in [0.05, 0.1) is 5.56 Å². The van der Waals surface area contributed by atoms with Crippen molar-refractivity contribution < 1.29 is 9.90 Å². The molecule has 0 aromatic heterocycles. The molecule has 0 fully saturated rings. The van der Waals surface area contributed by atoms with Gasteiger partial charge in [-0.3, -0.25) is 0 Å². The predicted octanol–water partition coefficient (Wildman–Crippen LogP) is 4.64. The van der Waals surface area contributed by atoms with Gasteiger partial charge in [-0.2, -0.15) is 0 Å². The highest BCUT2D eigenvalue weighted by Gasteiger charge is 2.14. The molecule has 0 radical (unpaired) electrons. The first kappa shape index (κ1) is 14.7. The lowest BCUT2D eigenvalue weighted by Crippen LogP contribution is -2.10. The van der Waals surface area contributed by atoms with Gasteiger partial charge in [0.1, 0.15) is 0 Å². The first-order valence-electron chi connectivity index (χ1n) is 6.46. The fraction of sp³-hybridized carbons (Fsp3) is 0.235. The van der Waals surface area contributed by atoms with Gasteiger partial charge in [-0.15, -0.1) is 12.6 Å². The number of benzene rings is 2. The summed E-state index contributed by atoms with van der Waals surface area (Å²) >= 11 is 4.17. The van der Waals surface area contributed by atoms with Crippen LogP contribution in [0.15, 0.2) is 47.4 Å². The van der Waals surface area contributed by atoms with E-state index in [0.717, 1.165) is 11.1 Å². The number of carboxylic acids is 1. The van der Waals surface area contributed by atoms with Gasteiger partial charge in [-0.05, 0) is 34.2 Å². The zero-order valence-electron chi connectivity index (χ0n) is 11.8. The topological polar surface area (TPSA) is 37.3 Å². The smallest absolute Gasteiger partial charge is 0.336 e. The van der Waals surface area contributed by atoms with E-state index in [0.29, 0.717) is 4.90 Å². The van der Waals surface area contributed by atoms with Crippen molar-refractivity contribution in [3.05, 3.63) is 53.6 Å². The molecule has 2 aromatic rings. The lowest BCUT2D eigenvalue weighted by Gasteiger charge is -2.19. The summed E-state index contributed by atoms with van der Waals surface area (Å²) in [7, 11) is 0. The molecule has 0 spiro atoms. The number of aromatic carboxylic acids is 1. The van der Waals surface area contributed by atoms with E-state index in [4.69, 9.17) is 5.11 Å². The zero-order chi connectivity index (χ0) is 14.9. The lowest BCUT2D eigenvalue weighted by molar-refractivity contribution is 0.0693. The molecule has 0 bridgehead atoms. The fourth-order valence-corrected chi connectivity index (χ4v) is 2.28. The zero-order valence-corrected chi connectivity index (χ0v) is 12.7. The molecule has 2 rings (SSSR count). The Labute approximate surface area is 124 Å². The van der Waals surface area contributed by atoms with Crippen molar-refractivity contribution in [1.82, 2.24) is 0 Å². The van der Waals surface area contributed by atoms with Gasteiger partial charge < -0.3 is 5.11 Å². The van der Waals surface area contributed by atoms with Crippen molar-refractivity contribution in [2.45, 2.75) is 31.1 Å². The summed E-state index contributed by atoms with van der Waals surface area (Å²) in [4.78, 5) is 11.6. The molecule has 0 aliphatic rings. The molecular formula is C17H18O2S. The number of hydrogen-bond acceptors (Lipinski definition) is 2. The number of hydrogen-bond donors (Lipinski definition) is 2. The van der Waals surface area contributed by atoms with Crippen LogP contribution in [-0.4, -0.2) is 11.1 Å². The number of carboxylic acid groups (broad SMARTS) is 1. The third kappa shape index (κ3) is 3.05. The molecule has 0 aliphatic carbocycles. The van der Waals surface area contributed by atoms with Crippen LogP contribution in [0.2, 0.25) is 0 Å². The second kappa shape index (κ2) is 5.33. The highest BCUT2D eigenvalue weighted by Crippen LogP contribution is 2.28. The van der Waals surface area contributed by atoms with Gasteiger partial charge in [0.25, 0.3) is 0 Å². The fourth-order valence-electron chi connectivity index (χ4n) is 2.05. The van der Waals surface area contributed by atoms with Crippen LogP contribution in [0.5, 0.6) is 0 Å². The van der Waals surface area contributed by atoms with Gasteiger partial charge in [-0.1, -0.05) is 51.1 Å². The van der Waals surface area contributed by atoms with Gasteiger partial charge in [0, 0.05) is 4.90 Å². The van der Waals surface area contributed by atoms with Crippen molar-refractivity contribution in [2.75, 3.05) is 0 Å². The third-order valence-electron chi connectivity index (χ3n) is 3.31. The second-order valence-electron chi connectivity index (χ2n) is 5.86. The van der Waals surface area contributed by atoms with Crippen LogP contribution in [0.4, 0.5) is 0 Å². The monoisotopic (exact) mass is 286 g/mol. The van der Waals surface area contributed by atoms with Crippen LogP contribution < -0.4 is 0 Å². The summed E-state index contributed by atoms with van der Waals surface area (Å²) in [5, 5.41) is 9.14. The third-order valence-corrected chi connectivity index (χ3v) is 3.70. The van der Waals surface area contributed by atoms with E-state index < -0.39 is 5.97 Å². The molecule has 20 heavy (non-hydrogen) atoms. The summed E-state index contributed by atoms with van der Waals surface area (Å²) in [5.74, 6) is -0.955. The van der Waals surface area contributed by atoms with Gasteiger partial charge in [0.2, 0.25) is 0 Å². The minimum Gasteiger partial charge on any atom is -0.478 e. The molecule has 2 nitrogen and oxygen atoms in total. The Kier molecular flexibility index (Phi) is 3.91. The number of carbonyl (C=O) groups is 1. The molecule has 3 heteroatoms. The van der Waals surface area contributed by atoms with Crippen molar-refractivity contribution in [3.63, 3.8) is 0 Å². The lowest BCUT2D eigenvalue weighted by atomic mass is 9.86. The summed E-state index contributed by atoms with van der Waals surface area (Å²) < 4.78 is 0. The van der Waals surface area contributed by atoms with Crippen molar-refractivity contribution >= 4 is 18.6 Å². The first-order valence-corrected chi connectivity index (χ1v) is 6.91. The van der Waals surface area contributed by atoms with Crippen LogP contribution in [0.3, 0.4) is 0 Å². The van der Waals surface area contributed by atoms with Gasteiger partial charge in [-0.25, -0.2) is 4.79 Å². The van der Waals surface area contributed by atoms with Crippen LogP contribution >= 0.6 is 12.6 Å². The van der Waals surface area contributed by atoms with Crippen LogP contribution in [0.1, 0.15) is 36.7 Å². The van der Waals surface area contributed by atoms with E-state index >= 15 is 0 Å². The number of rotatable bonds is 2. The van der Waals surface area contributed by atoms with E-state index in [1.807, 2.05) is 18.2 Å². The summed E-state index contributed by atoms with van der Waals surface area (Å²) in [6.07, 6.45) is 0. The second-order valence-corrected chi connectivity index (χ2v) is 6.35. The van der Waals surface area contributed by atoms with Gasteiger partial charge in [0.15, 0.2) is 0 Å². The molecule has 2 aromatic carbocycles. The Bertz CT molecular complexity index is 637. The quantitative estimate of drug-likeness (QED) is 0.789. The van der Waals surface area contributed by atoms with Crippen molar-refractivity contribution in [1.29, 1.82) is 0 Å². The summed E-state index contributed by atoms with van der Waals surface area (Å²) in [6.45, 7) is 6.50. The van der Waals surface area contributed by atoms with Crippen LogP contribution in [0, 0.1) is 0 Å². The maximum atomic E-state index is 11.1. The maximum absolute atomic E-state index is 11.1. The Hall–Kier alpha value is -1.74. The first-order chi connectivity index (χ1) is 9.29. The summed E-state index contributed by atoms with van der Waals surface area (Å²) in [6, 6.07) is 13.5. The largest absolute Gasteiger partial charge is 0.478 e. The molecule has 0 unspecified atom stereocenters.